The van der Waals surface area contributed by atoms with Crippen LogP contribution in [0.25, 0.3) is 0 Å². The number of hydrogen-bond donors (Lipinski definition) is 0. The van der Waals surface area contributed by atoms with Gasteiger partial charge in [-0.25, -0.2) is 0 Å². The Bertz CT molecular complexity index is 171. The predicted molar refractivity (Wildman–Crippen MR) is 47.4 cm³/mol. The SMILES string of the molecule is CC(Cl)OC(=O)CC(=O)OC(C)Cl. The smallest absolute Gasteiger partial charge is 0.318 e. The summed E-state index contributed by atoms with van der Waals surface area (Å²) in [6.07, 6.45) is -0.478. The molecule has 0 saturated carbocycles. The van der Waals surface area contributed by atoms with Gasteiger partial charge < -0.3 is 9.47 Å². The first-order chi connectivity index (χ1) is 5.91. The van der Waals surface area contributed by atoms with E-state index in [1.54, 1.807) is 0 Å². The molecule has 0 spiro atoms. The molecule has 13 heavy (non-hydrogen) atoms. The molecule has 0 aliphatic carbocycles. The molecule has 0 radical (unpaired) electrons. The zero-order chi connectivity index (χ0) is 10.4. The fraction of sp³-hybridized carbons (Fsp3) is 0.714. The van der Waals surface area contributed by atoms with Gasteiger partial charge in [0, 0.05) is 0 Å². The second-order valence-corrected chi connectivity index (χ2v) is 3.47. The lowest BCUT2D eigenvalue weighted by Gasteiger charge is -2.07. The van der Waals surface area contributed by atoms with Crippen molar-refractivity contribution in [2.75, 3.05) is 0 Å². The zero-order valence-electron chi connectivity index (χ0n) is 7.25. The second-order valence-electron chi connectivity index (χ2n) is 2.24. The molecule has 0 aromatic carbocycles. The maximum absolute atomic E-state index is 10.8. The van der Waals surface area contributed by atoms with Crippen molar-refractivity contribution in [2.24, 2.45) is 0 Å². The molecule has 0 heterocycles. The summed E-state index contributed by atoms with van der Waals surface area (Å²) in [6, 6.07) is 0. The van der Waals surface area contributed by atoms with E-state index in [4.69, 9.17) is 23.2 Å². The van der Waals surface area contributed by atoms with Gasteiger partial charge in [-0.05, 0) is 13.8 Å². The number of hydrogen-bond acceptors (Lipinski definition) is 4. The van der Waals surface area contributed by atoms with Gasteiger partial charge in [-0.15, -0.1) is 0 Å². The van der Waals surface area contributed by atoms with Crippen LogP contribution in [0.15, 0.2) is 0 Å². The Hall–Kier alpha value is -0.480. The van der Waals surface area contributed by atoms with Gasteiger partial charge in [-0.2, -0.15) is 0 Å². The van der Waals surface area contributed by atoms with Crippen molar-refractivity contribution in [3.8, 4) is 0 Å². The molecule has 0 aliphatic rings. The Morgan fingerprint density at radius 2 is 1.38 bits per heavy atom. The molecule has 0 bridgehead atoms. The quantitative estimate of drug-likeness (QED) is 0.417. The van der Waals surface area contributed by atoms with E-state index in [-0.39, 0.29) is 0 Å². The molecule has 2 atom stereocenters. The summed E-state index contributed by atoms with van der Waals surface area (Å²) in [5.74, 6) is -1.46. The van der Waals surface area contributed by atoms with Crippen LogP contribution in [-0.4, -0.2) is 23.1 Å². The molecular formula is C7H10Cl2O4. The van der Waals surface area contributed by atoms with Gasteiger partial charge in [0.05, 0.1) is 0 Å². The summed E-state index contributed by atoms with van der Waals surface area (Å²) in [7, 11) is 0. The monoisotopic (exact) mass is 228 g/mol. The van der Waals surface area contributed by atoms with Crippen molar-refractivity contribution >= 4 is 35.1 Å². The number of alkyl halides is 2. The van der Waals surface area contributed by atoms with Crippen molar-refractivity contribution in [3.05, 3.63) is 0 Å². The first-order valence-electron chi connectivity index (χ1n) is 3.59. The molecule has 2 unspecified atom stereocenters. The van der Waals surface area contributed by atoms with Gasteiger partial charge in [-0.3, -0.25) is 9.59 Å². The van der Waals surface area contributed by atoms with Gasteiger partial charge in [0.2, 0.25) is 0 Å². The molecule has 0 fully saturated rings. The summed E-state index contributed by atoms with van der Waals surface area (Å²) < 4.78 is 8.97. The lowest BCUT2D eigenvalue weighted by Crippen LogP contribution is -2.17. The van der Waals surface area contributed by atoms with Crippen molar-refractivity contribution in [1.82, 2.24) is 0 Å². The van der Waals surface area contributed by atoms with Crippen LogP contribution < -0.4 is 0 Å². The fourth-order valence-electron chi connectivity index (χ4n) is 0.563. The van der Waals surface area contributed by atoms with E-state index in [9.17, 15) is 9.59 Å². The summed E-state index contributed by atoms with van der Waals surface area (Å²) in [6.45, 7) is 2.93. The van der Waals surface area contributed by atoms with E-state index in [0.717, 1.165) is 0 Å². The third kappa shape index (κ3) is 7.87. The summed E-state index contributed by atoms with van der Waals surface area (Å²) in [4.78, 5) is 21.6. The van der Waals surface area contributed by atoms with E-state index >= 15 is 0 Å². The molecule has 76 valence electrons. The first kappa shape index (κ1) is 12.5. The van der Waals surface area contributed by atoms with Gasteiger partial charge in [-0.1, -0.05) is 23.2 Å². The molecule has 0 rings (SSSR count). The third-order valence-corrected chi connectivity index (χ3v) is 1.05. The van der Waals surface area contributed by atoms with Crippen LogP contribution in [0, 0.1) is 0 Å². The van der Waals surface area contributed by atoms with E-state index in [0.29, 0.717) is 0 Å². The molecule has 0 amide bonds. The Morgan fingerprint density at radius 3 is 1.62 bits per heavy atom. The zero-order valence-corrected chi connectivity index (χ0v) is 8.76. The van der Waals surface area contributed by atoms with Crippen molar-refractivity contribution < 1.29 is 19.1 Å². The predicted octanol–water partition coefficient (Wildman–Crippen LogP) is 1.63. The Balaban J connectivity index is 3.72. The minimum absolute atomic E-state index is 0.478. The molecule has 6 heteroatoms. The summed E-state index contributed by atoms with van der Waals surface area (Å²) >= 11 is 10.7. The van der Waals surface area contributed by atoms with Gasteiger partial charge >= 0.3 is 11.9 Å². The maximum atomic E-state index is 10.8. The standard InChI is InChI=1S/C7H10Cl2O4/c1-4(8)12-6(10)3-7(11)13-5(2)9/h4-5H,3H2,1-2H3. The molecule has 4 nitrogen and oxygen atoms in total. The van der Waals surface area contributed by atoms with Gasteiger partial charge in [0.15, 0.2) is 11.1 Å². The fourth-order valence-corrected chi connectivity index (χ4v) is 0.762. The number of carbonyl (C=O) groups excluding carboxylic acids is 2. The van der Waals surface area contributed by atoms with Crippen LogP contribution in [0.3, 0.4) is 0 Å². The molecule has 0 saturated heterocycles. The second kappa shape index (κ2) is 6.05. The van der Waals surface area contributed by atoms with Crippen LogP contribution in [0.1, 0.15) is 20.3 Å². The summed E-state index contributed by atoms with van der Waals surface area (Å²) in [5, 5.41) is 0. The van der Waals surface area contributed by atoms with Crippen LogP contribution in [0.4, 0.5) is 0 Å². The van der Waals surface area contributed by atoms with E-state index in [1.165, 1.54) is 13.8 Å². The Labute approximate surface area is 86.1 Å². The highest BCUT2D eigenvalue weighted by Gasteiger charge is 2.15. The van der Waals surface area contributed by atoms with Crippen LogP contribution >= 0.6 is 23.2 Å². The number of halogens is 2. The number of esters is 2. The van der Waals surface area contributed by atoms with Crippen molar-refractivity contribution in [1.29, 1.82) is 0 Å². The highest BCUT2D eigenvalue weighted by atomic mass is 35.5. The largest absolute Gasteiger partial charge is 0.446 e. The van der Waals surface area contributed by atoms with Crippen LogP contribution in [-0.2, 0) is 19.1 Å². The lowest BCUT2D eigenvalue weighted by atomic mass is 10.4. The van der Waals surface area contributed by atoms with E-state index in [2.05, 4.69) is 9.47 Å². The molecule has 0 N–H and O–H groups in total. The topological polar surface area (TPSA) is 52.6 Å². The van der Waals surface area contributed by atoms with Gasteiger partial charge in [0.25, 0.3) is 0 Å². The molecular weight excluding hydrogens is 219 g/mol. The molecule has 0 aliphatic heterocycles. The average molecular weight is 229 g/mol. The Morgan fingerprint density at radius 1 is 1.08 bits per heavy atom. The average Bonchev–Trinajstić information content (AvgIpc) is 1.80. The highest BCUT2D eigenvalue weighted by molar-refractivity contribution is 6.20. The lowest BCUT2D eigenvalue weighted by molar-refractivity contribution is -0.155. The number of rotatable bonds is 4. The van der Waals surface area contributed by atoms with Crippen LogP contribution in [0.5, 0.6) is 0 Å². The minimum Gasteiger partial charge on any atom is -0.446 e. The molecule has 0 aromatic heterocycles. The summed E-state index contributed by atoms with van der Waals surface area (Å²) in [5.41, 5.74) is -1.51. The van der Waals surface area contributed by atoms with Crippen molar-refractivity contribution in [3.63, 3.8) is 0 Å². The maximum Gasteiger partial charge on any atom is 0.318 e. The highest BCUT2D eigenvalue weighted by Crippen LogP contribution is 2.02. The Kier molecular flexibility index (Phi) is 5.82. The van der Waals surface area contributed by atoms with Crippen LogP contribution in [0.2, 0.25) is 0 Å². The third-order valence-electron chi connectivity index (χ3n) is 0.876. The van der Waals surface area contributed by atoms with E-state index in [1.807, 2.05) is 0 Å². The molecule has 0 aromatic rings. The first-order valence-corrected chi connectivity index (χ1v) is 4.46. The number of carbonyl (C=O) groups is 2. The number of ether oxygens (including phenoxy) is 2. The van der Waals surface area contributed by atoms with Crippen molar-refractivity contribution in [2.45, 2.75) is 31.4 Å². The van der Waals surface area contributed by atoms with Gasteiger partial charge in [0.1, 0.15) is 6.42 Å². The minimum atomic E-state index is -0.756. The van der Waals surface area contributed by atoms with E-state index < -0.39 is 29.5 Å². The normalized spacial score (nSPS) is 14.5.